The minimum absolute atomic E-state index is 0.0380. The van der Waals surface area contributed by atoms with Crippen molar-refractivity contribution in [3.05, 3.63) is 46.6 Å². The summed E-state index contributed by atoms with van der Waals surface area (Å²) in [5.41, 5.74) is 2.33. The molecule has 0 aliphatic carbocycles. The number of rotatable bonds is 5. The van der Waals surface area contributed by atoms with Gasteiger partial charge < -0.3 is 4.90 Å². The fourth-order valence-electron chi connectivity index (χ4n) is 4.21. The summed E-state index contributed by atoms with van der Waals surface area (Å²) in [5, 5.41) is -0.348. The first-order chi connectivity index (χ1) is 13.2. The molecule has 1 aromatic rings. The van der Waals surface area contributed by atoms with E-state index in [9.17, 15) is 14.0 Å². The molecule has 4 nitrogen and oxygen atoms in total. The maximum Gasteiger partial charge on any atom is 0.293 e. The first-order valence-electron chi connectivity index (χ1n) is 9.67. The van der Waals surface area contributed by atoms with Crippen molar-refractivity contribution in [3.63, 3.8) is 0 Å². The van der Waals surface area contributed by atoms with Crippen LogP contribution in [0.25, 0.3) is 6.08 Å². The summed E-state index contributed by atoms with van der Waals surface area (Å²) in [6.45, 7) is 13.3. The Morgan fingerprint density at radius 1 is 1.36 bits per heavy atom. The van der Waals surface area contributed by atoms with Gasteiger partial charge in [0.15, 0.2) is 0 Å². The fourth-order valence-corrected chi connectivity index (χ4v) is 5.05. The highest BCUT2D eigenvalue weighted by molar-refractivity contribution is 8.18. The highest BCUT2D eigenvalue weighted by Crippen LogP contribution is 2.45. The average molecular weight is 403 g/mol. The lowest BCUT2D eigenvalue weighted by Crippen LogP contribution is -2.48. The van der Waals surface area contributed by atoms with Crippen LogP contribution in [0.15, 0.2) is 29.7 Å². The highest BCUT2D eigenvalue weighted by atomic mass is 32.2. The number of anilines is 1. The number of fused-ring (bicyclic) bond motifs is 1. The highest BCUT2D eigenvalue weighted by Gasteiger charge is 2.37. The number of hydrogen-bond acceptors (Lipinski definition) is 4. The number of benzene rings is 1. The Kier molecular flexibility index (Phi) is 5.71. The normalized spacial score (nSPS) is 22.8. The van der Waals surface area contributed by atoms with Gasteiger partial charge in [0.1, 0.15) is 5.82 Å². The third-order valence-corrected chi connectivity index (χ3v) is 6.33. The van der Waals surface area contributed by atoms with Crippen LogP contribution in [-0.2, 0) is 4.79 Å². The molecule has 0 bridgehead atoms. The van der Waals surface area contributed by atoms with Crippen LogP contribution in [0.2, 0.25) is 0 Å². The number of amides is 2. The van der Waals surface area contributed by atoms with Gasteiger partial charge in [0, 0.05) is 29.9 Å². The zero-order valence-corrected chi connectivity index (χ0v) is 17.7. The van der Waals surface area contributed by atoms with E-state index in [1.807, 2.05) is 6.07 Å². The van der Waals surface area contributed by atoms with Crippen molar-refractivity contribution in [2.75, 3.05) is 18.0 Å². The van der Waals surface area contributed by atoms with E-state index in [1.165, 1.54) is 12.2 Å². The first-order valence-corrected chi connectivity index (χ1v) is 10.5. The Hall–Kier alpha value is -2.08. The molecule has 2 aliphatic rings. The number of carbonyl (C=O) groups is 2. The number of imide groups is 1. The summed E-state index contributed by atoms with van der Waals surface area (Å²) in [7, 11) is 0. The van der Waals surface area contributed by atoms with Crippen molar-refractivity contribution in [2.45, 2.75) is 52.0 Å². The van der Waals surface area contributed by atoms with Crippen LogP contribution in [-0.4, -0.2) is 34.7 Å². The Morgan fingerprint density at radius 2 is 2.07 bits per heavy atom. The Balaban J connectivity index is 2.02. The molecule has 2 heterocycles. The number of thioether (sulfide) groups is 1. The van der Waals surface area contributed by atoms with Crippen molar-refractivity contribution < 1.29 is 14.0 Å². The van der Waals surface area contributed by atoms with Gasteiger partial charge in [-0.25, -0.2) is 4.39 Å². The zero-order valence-electron chi connectivity index (χ0n) is 16.9. The molecule has 0 N–H and O–H groups in total. The quantitative estimate of drug-likeness (QED) is 0.478. The van der Waals surface area contributed by atoms with Crippen LogP contribution in [0.5, 0.6) is 0 Å². The summed E-state index contributed by atoms with van der Waals surface area (Å²) in [5.74, 6) is -0.490. The summed E-state index contributed by atoms with van der Waals surface area (Å²) >= 11 is 0.846. The second-order valence-corrected chi connectivity index (χ2v) is 9.08. The van der Waals surface area contributed by atoms with Crippen molar-refractivity contribution >= 4 is 34.7 Å². The second-order valence-electron chi connectivity index (χ2n) is 8.08. The van der Waals surface area contributed by atoms with E-state index in [0.717, 1.165) is 47.3 Å². The standard InChI is InChI=1S/C22H27FN2O2S/c1-6-8-24-20(26)19(28-21(24)27)11-15-10-16-14(3)13-22(4,5)25(9-7-2)18(16)12-17(15)23/h6,10-12,14H,1,7-9,13H2,2-5H3/b19-11+. The van der Waals surface area contributed by atoms with Crippen LogP contribution in [0, 0.1) is 5.82 Å². The van der Waals surface area contributed by atoms with Gasteiger partial charge in [-0.05, 0) is 68.1 Å². The maximum absolute atomic E-state index is 15.0. The van der Waals surface area contributed by atoms with Crippen molar-refractivity contribution in [1.29, 1.82) is 0 Å². The molecular weight excluding hydrogens is 375 g/mol. The number of nitrogens with zero attached hydrogens (tertiary/aromatic N) is 2. The largest absolute Gasteiger partial charge is 0.366 e. The topological polar surface area (TPSA) is 40.6 Å². The Morgan fingerprint density at radius 3 is 2.71 bits per heavy atom. The van der Waals surface area contributed by atoms with Gasteiger partial charge in [-0.1, -0.05) is 19.9 Å². The minimum atomic E-state index is -0.395. The first kappa shape index (κ1) is 20.6. The molecule has 1 saturated heterocycles. The summed E-state index contributed by atoms with van der Waals surface area (Å²) < 4.78 is 15.0. The number of hydrogen-bond donors (Lipinski definition) is 0. The second kappa shape index (κ2) is 7.74. The van der Waals surface area contributed by atoms with Gasteiger partial charge in [0.2, 0.25) is 0 Å². The lowest BCUT2D eigenvalue weighted by Gasteiger charge is -2.47. The lowest BCUT2D eigenvalue weighted by molar-refractivity contribution is -0.122. The molecule has 0 saturated carbocycles. The van der Waals surface area contributed by atoms with Crippen molar-refractivity contribution in [1.82, 2.24) is 4.90 Å². The molecule has 1 aromatic carbocycles. The zero-order chi connectivity index (χ0) is 20.6. The van der Waals surface area contributed by atoms with E-state index < -0.39 is 5.91 Å². The fraction of sp³-hybridized carbons (Fsp3) is 0.455. The summed E-state index contributed by atoms with van der Waals surface area (Å²) in [4.78, 5) is 28.1. The Labute approximate surface area is 170 Å². The van der Waals surface area contributed by atoms with E-state index >= 15 is 0 Å². The van der Waals surface area contributed by atoms with Crippen LogP contribution in [0.1, 0.15) is 57.6 Å². The molecule has 2 aliphatic heterocycles. The van der Waals surface area contributed by atoms with E-state index in [0.29, 0.717) is 5.56 Å². The van der Waals surface area contributed by atoms with Gasteiger partial charge in [-0.3, -0.25) is 14.5 Å². The van der Waals surface area contributed by atoms with Crippen molar-refractivity contribution in [2.24, 2.45) is 0 Å². The molecule has 0 aromatic heterocycles. The molecule has 150 valence electrons. The smallest absolute Gasteiger partial charge is 0.293 e. The third kappa shape index (κ3) is 3.62. The van der Waals surface area contributed by atoms with Gasteiger partial charge in [0.25, 0.3) is 11.1 Å². The van der Waals surface area contributed by atoms with Crippen LogP contribution < -0.4 is 4.90 Å². The lowest BCUT2D eigenvalue weighted by atomic mass is 9.79. The van der Waals surface area contributed by atoms with E-state index in [-0.39, 0.29) is 34.0 Å². The molecule has 2 amide bonds. The molecular formula is C22H27FN2O2S. The third-order valence-electron chi connectivity index (χ3n) is 5.42. The predicted molar refractivity (Wildman–Crippen MR) is 114 cm³/mol. The van der Waals surface area contributed by atoms with Crippen molar-refractivity contribution in [3.8, 4) is 0 Å². The number of halogens is 1. The minimum Gasteiger partial charge on any atom is -0.366 e. The Bertz CT molecular complexity index is 862. The summed E-state index contributed by atoms with van der Waals surface area (Å²) in [6, 6.07) is 3.43. The molecule has 3 rings (SSSR count). The van der Waals surface area contributed by atoms with Gasteiger partial charge in [0.05, 0.1) is 4.91 Å². The predicted octanol–water partition coefficient (Wildman–Crippen LogP) is 5.55. The average Bonchev–Trinajstić information content (AvgIpc) is 2.87. The molecule has 6 heteroatoms. The molecule has 0 spiro atoms. The molecule has 1 unspecified atom stereocenters. The van der Waals surface area contributed by atoms with Crippen LogP contribution in [0.4, 0.5) is 14.9 Å². The van der Waals surface area contributed by atoms with Gasteiger partial charge in [-0.15, -0.1) is 6.58 Å². The molecule has 0 radical (unpaired) electrons. The van der Waals surface area contributed by atoms with Crippen LogP contribution in [0.3, 0.4) is 0 Å². The molecule has 1 fully saturated rings. The van der Waals surface area contributed by atoms with Crippen LogP contribution >= 0.6 is 11.8 Å². The van der Waals surface area contributed by atoms with E-state index in [1.54, 1.807) is 6.07 Å². The van der Waals surface area contributed by atoms with Gasteiger partial charge in [-0.2, -0.15) is 0 Å². The monoisotopic (exact) mass is 402 g/mol. The SMILES string of the molecule is C=CCN1C(=O)S/C(=C/c2cc3c(cc2F)N(CCC)C(C)(C)CC3C)C1=O. The molecule has 28 heavy (non-hydrogen) atoms. The molecule has 1 atom stereocenters. The maximum atomic E-state index is 15.0. The number of carbonyl (C=O) groups excluding carboxylic acids is 2. The van der Waals surface area contributed by atoms with E-state index in [2.05, 4.69) is 39.2 Å². The van der Waals surface area contributed by atoms with Gasteiger partial charge >= 0.3 is 0 Å². The summed E-state index contributed by atoms with van der Waals surface area (Å²) in [6.07, 6.45) is 4.96. The van der Waals surface area contributed by atoms with E-state index in [4.69, 9.17) is 0 Å².